The van der Waals surface area contributed by atoms with Crippen LogP contribution in [0.15, 0.2) is 40.5 Å². The van der Waals surface area contributed by atoms with Crippen molar-refractivity contribution in [2.24, 2.45) is 10.9 Å². The predicted octanol–water partition coefficient (Wildman–Crippen LogP) is 2.11. The van der Waals surface area contributed by atoms with Crippen molar-refractivity contribution < 1.29 is 14.3 Å². The maximum atomic E-state index is 12.8. The first-order valence-corrected chi connectivity index (χ1v) is 8.07. The van der Waals surface area contributed by atoms with Crippen molar-refractivity contribution >= 4 is 17.5 Å². The molecule has 5 nitrogen and oxygen atoms in total. The third-order valence-electron chi connectivity index (χ3n) is 4.83. The van der Waals surface area contributed by atoms with Gasteiger partial charge in [0.2, 0.25) is 0 Å². The molecule has 5 heteroatoms. The van der Waals surface area contributed by atoms with Crippen molar-refractivity contribution in [3.63, 3.8) is 0 Å². The van der Waals surface area contributed by atoms with E-state index in [2.05, 4.69) is 4.99 Å². The highest BCUT2D eigenvalue weighted by Crippen LogP contribution is 2.42. The van der Waals surface area contributed by atoms with Gasteiger partial charge in [0, 0.05) is 23.7 Å². The second kappa shape index (κ2) is 6.32. The summed E-state index contributed by atoms with van der Waals surface area (Å²) < 4.78 is 5.02. The highest BCUT2D eigenvalue weighted by molar-refractivity contribution is 6.09. The molecule has 1 aromatic rings. The van der Waals surface area contributed by atoms with Crippen LogP contribution < -0.4 is 0 Å². The molecule has 0 bridgehead atoms. The van der Waals surface area contributed by atoms with Gasteiger partial charge in [-0.3, -0.25) is 19.5 Å². The summed E-state index contributed by atoms with van der Waals surface area (Å²) in [6.45, 7) is 4.82. The van der Waals surface area contributed by atoms with Crippen LogP contribution in [-0.4, -0.2) is 49.6 Å². The number of carbonyl (C=O) groups is 2. The number of methoxy groups -OCH3 is 1. The number of rotatable bonds is 2. The van der Waals surface area contributed by atoms with Crippen LogP contribution in [0.3, 0.4) is 0 Å². The van der Waals surface area contributed by atoms with Crippen LogP contribution in [0.4, 0.5) is 0 Å². The number of ether oxygens (including phenoxy) is 1. The van der Waals surface area contributed by atoms with Crippen LogP contribution in [0.1, 0.15) is 24.0 Å². The molecule has 0 fully saturated rings. The molecule has 0 saturated heterocycles. The van der Waals surface area contributed by atoms with Gasteiger partial charge in [-0.2, -0.15) is 0 Å². The molecule has 2 aliphatic heterocycles. The van der Waals surface area contributed by atoms with Crippen LogP contribution >= 0.6 is 0 Å². The van der Waals surface area contributed by atoms with Crippen LogP contribution in [0.25, 0.3) is 0 Å². The van der Waals surface area contributed by atoms with Gasteiger partial charge >= 0.3 is 5.97 Å². The number of benzene rings is 1. The number of hydrogen-bond donors (Lipinski definition) is 0. The molecule has 24 heavy (non-hydrogen) atoms. The summed E-state index contributed by atoms with van der Waals surface area (Å²) in [5.74, 6) is -1.19. The predicted molar refractivity (Wildman–Crippen MR) is 92.1 cm³/mol. The summed E-state index contributed by atoms with van der Waals surface area (Å²) in [5, 5.41) is 0. The normalized spacial score (nSPS) is 24.5. The zero-order valence-corrected chi connectivity index (χ0v) is 14.5. The van der Waals surface area contributed by atoms with Crippen molar-refractivity contribution in [2.75, 3.05) is 27.2 Å². The van der Waals surface area contributed by atoms with Gasteiger partial charge in [0.25, 0.3) is 0 Å². The Morgan fingerprint density at radius 3 is 2.62 bits per heavy atom. The molecule has 1 aromatic carbocycles. The van der Waals surface area contributed by atoms with E-state index < -0.39 is 5.92 Å². The second-order valence-corrected chi connectivity index (χ2v) is 6.54. The number of aliphatic imine (C=N–C) groups is 1. The Bertz CT molecular complexity index is 764. The van der Waals surface area contributed by atoms with Gasteiger partial charge in [-0.15, -0.1) is 0 Å². The summed E-state index contributed by atoms with van der Waals surface area (Å²) in [6, 6.07) is 7.90. The van der Waals surface area contributed by atoms with Crippen LogP contribution in [0, 0.1) is 12.8 Å². The van der Waals surface area contributed by atoms with E-state index in [1.165, 1.54) is 7.11 Å². The lowest BCUT2D eigenvalue weighted by molar-refractivity contribution is -0.143. The van der Waals surface area contributed by atoms with E-state index in [0.29, 0.717) is 24.4 Å². The molecule has 0 saturated carbocycles. The summed E-state index contributed by atoms with van der Waals surface area (Å²) in [6.07, 6.45) is 0. The molecule has 0 aliphatic carbocycles. The van der Waals surface area contributed by atoms with E-state index in [1.54, 1.807) is 0 Å². The third kappa shape index (κ3) is 2.69. The highest BCUT2D eigenvalue weighted by atomic mass is 16.5. The molecular formula is C19H22N2O3. The molecule has 0 aromatic heterocycles. The van der Waals surface area contributed by atoms with Crippen LogP contribution in [0.5, 0.6) is 0 Å². The van der Waals surface area contributed by atoms with Gasteiger partial charge in [-0.25, -0.2) is 0 Å². The SMILES string of the molecule is COC(=O)C1C(C)=NC2=C(C(=O)CN(C)C2)C1c1ccccc1C. The van der Waals surface area contributed by atoms with Crippen LogP contribution in [-0.2, 0) is 14.3 Å². The Labute approximate surface area is 142 Å². The Morgan fingerprint density at radius 2 is 1.96 bits per heavy atom. The molecule has 2 atom stereocenters. The van der Waals surface area contributed by atoms with E-state index >= 15 is 0 Å². The van der Waals surface area contributed by atoms with Gasteiger partial charge in [-0.05, 0) is 32.0 Å². The average Bonchev–Trinajstić information content (AvgIpc) is 2.53. The third-order valence-corrected chi connectivity index (χ3v) is 4.83. The molecular weight excluding hydrogens is 304 g/mol. The maximum Gasteiger partial charge on any atom is 0.315 e. The van der Waals surface area contributed by atoms with Crippen molar-refractivity contribution in [3.05, 3.63) is 46.7 Å². The molecule has 2 heterocycles. The maximum absolute atomic E-state index is 12.8. The summed E-state index contributed by atoms with van der Waals surface area (Å²) in [7, 11) is 3.28. The van der Waals surface area contributed by atoms with Gasteiger partial charge < -0.3 is 4.74 Å². The van der Waals surface area contributed by atoms with E-state index in [-0.39, 0.29) is 17.7 Å². The van der Waals surface area contributed by atoms with E-state index in [0.717, 1.165) is 16.8 Å². The van der Waals surface area contributed by atoms with Crippen molar-refractivity contribution in [1.82, 2.24) is 4.90 Å². The van der Waals surface area contributed by atoms with Gasteiger partial charge in [0.05, 0.1) is 19.4 Å². The fourth-order valence-corrected chi connectivity index (χ4v) is 3.73. The zero-order valence-electron chi connectivity index (χ0n) is 14.5. The molecule has 0 amide bonds. The molecule has 3 rings (SSSR count). The van der Waals surface area contributed by atoms with E-state index in [9.17, 15) is 9.59 Å². The quantitative estimate of drug-likeness (QED) is 0.781. The molecule has 126 valence electrons. The Kier molecular flexibility index (Phi) is 4.37. The molecule has 2 unspecified atom stereocenters. The van der Waals surface area contributed by atoms with E-state index in [1.807, 2.05) is 50.1 Å². The fraction of sp³-hybridized carbons (Fsp3) is 0.421. The molecule has 2 aliphatic rings. The lowest BCUT2D eigenvalue weighted by atomic mass is 9.72. The Balaban J connectivity index is 2.22. The zero-order chi connectivity index (χ0) is 17.4. The lowest BCUT2D eigenvalue weighted by Crippen LogP contribution is -2.43. The number of hydrogen-bond acceptors (Lipinski definition) is 5. The van der Waals surface area contributed by atoms with Gasteiger partial charge in [0.15, 0.2) is 5.78 Å². The lowest BCUT2D eigenvalue weighted by Gasteiger charge is -2.37. The molecule has 0 radical (unpaired) electrons. The van der Waals surface area contributed by atoms with Gasteiger partial charge in [0.1, 0.15) is 5.92 Å². The highest BCUT2D eigenvalue weighted by Gasteiger charge is 2.44. The van der Waals surface area contributed by atoms with Crippen molar-refractivity contribution in [1.29, 1.82) is 0 Å². The van der Waals surface area contributed by atoms with Gasteiger partial charge in [-0.1, -0.05) is 24.3 Å². The number of nitrogens with zero attached hydrogens (tertiary/aromatic N) is 2. The number of ketones is 1. The monoisotopic (exact) mass is 326 g/mol. The summed E-state index contributed by atoms with van der Waals surface area (Å²) in [4.78, 5) is 31.8. The average molecular weight is 326 g/mol. The minimum Gasteiger partial charge on any atom is -0.468 e. The molecule has 0 N–H and O–H groups in total. The first-order chi connectivity index (χ1) is 11.4. The minimum atomic E-state index is -0.554. The van der Waals surface area contributed by atoms with Crippen molar-refractivity contribution in [2.45, 2.75) is 19.8 Å². The fourth-order valence-electron chi connectivity index (χ4n) is 3.73. The first-order valence-electron chi connectivity index (χ1n) is 8.07. The Hall–Kier alpha value is -2.27. The summed E-state index contributed by atoms with van der Waals surface area (Å²) >= 11 is 0. The number of aryl methyl sites for hydroxylation is 1. The van der Waals surface area contributed by atoms with Crippen molar-refractivity contribution in [3.8, 4) is 0 Å². The largest absolute Gasteiger partial charge is 0.468 e. The number of esters is 1. The Morgan fingerprint density at radius 1 is 1.25 bits per heavy atom. The standard InChI is InChI=1S/C19H22N2O3/c1-11-7-5-6-8-13(11)17-16(19(23)24-4)12(2)20-14-9-21(3)10-15(22)18(14)17/h5-8,16-17H,9-10H2,1-4H3. The molecule has 0 spiro atoms. The van der Waals surface area contributed by atoms with E-state index in [4.69, 9.17) is 4.74 Å². The smallest absolute Gasteiger partial charge is 0.315 e. The number of carbonyl (C=O) groups excluding carboxylic acids is 2. The topological polar surface area (TPSA) is 59.0 Å². The number of likely N-dealkylation sites (N-methyl/N-ethyl adjacent to an activating group) is 1. The summed E-state index contributed by atoms with van der Waals surface area (Å²) in [5.41, 5.74) is 4.21. The number of Topliss-reactive ketones (excluding diaryl/α,β-unsaturated/α-hetero) is 1. The first kappa shape index (κ1) is 16.6. The minimum absolute atomic E-state index is 0.0390. The second-order valence-electron chi connectivity index (χ2n) is 6.54. The van der Waals surface area contributed by atoms with Crippen LogP contribution in [0.2, 0.25) is 0 Å².